The maximum Gasteiger partial charge on any atom is 0.573 e. The number of nitrogens with one attached hydrogen (secondary N) is 1. The van der Waals surface area contributed by atoms with E-state index in [1.807, 2.05) is 4.90 Å². The van der Waals surface area contributed by atoms with Gasteiger partial charge in [0, 0.05) is 25.8 Å². The van der Waals surface area contributed by atoms with Crippen molar-refractivity contribution in [2.45, 2.75) is 44.6 Å². The Bertz CT molecular complexity index is 1370. The lowest BCUT2D eigenvalue weighted by Crippen LogP contribution is -2.60. The van der Waals surface area contributed by atoms with Crippen molar-refractivity contribution in [3.8, 4) is 5.75 Å². The Morgan fingerprint density at radius 2 is 1.67 bits per heavy atom. The van der Waals surface area contributed by atoms with Gasteiger partial charge in [0.05, 0.1) is 17.8 Å². The quantitative estimate of drug-likeness (QED) is 0.472. The third-order valence-electron chi connectivity index (χ3n) is 7.58. The Morgan fingerprint density at radius 3 is 2.21 bits per heavy atom. The smallest absolute Gasteiger partial charge is 0.478 e. The number of rotatable bonds is 7. The van der Waals surface area contributed by atoms with E-state index < -0.39 is 58.8 Å². The van der Waals surface area contributed by atoms with E-state index in [1.54, 1.807) is 37.9 Å². The summed E-state index contributed by atoms with van der Waals surface area (Å²) in [6.07, 6.45) is -4.53. The number of carbonyl (C=O) groups excluding carboxylic acids is 3. The fourth-order valence-corrected chi connectivity index (χ4v) is 5.38. The average Bonchev–Trinajstić information content (AvgIpc) is 3.16. The van der Waals surface area contributed by atoms with Gasteiger partial charge >= 0.3 is 12.3 Å². The van der Waals surface area contributed by atoms with Crippen molar-refractivity contribution in [3.05, 3.63) is 59.4 Å². The highest BCUT2D eigenvalue weighted by atomic mass is 19.4. The number of halogens is 4. The minimum atomic E-state index is -5.04. The van der Waals surface area contributed by atoms with Crippen LogP contribution in [0.2, 0.25) is 0 Å². The summed E-state index contributed by atoms with van der Waals surface area (Å²) in [6.45, 7) is 3.90. The van der Waals surface area contributed by atoms with Crippen LogP contribution in [0.4, 0.5) is 23.2 Å². The standard InChI is InChI=1S/C28H30F4N4O6/c1-16(2)22(33-23(37)20-14-19(8-9-21(20)29)42-28(30,31)32)24(38)35-12-10-27(11-13-35)26(41)34(3)15-36(27)18-6-4-17(5-7-18)25(39)40/h4-9,14,16,22H,10-13,15H2,1-3H3,(H,33,37)(H,39,40)/t22-/m1/s1. The lowest BCUT2D eigenvalue weighted by Gasteiger charge is -2.44. The third-order valence-corrected chi connectivity index (χ3v) is 7.58. The van der Waals surface area contributed by atoms with Crippen LogP contribution < -0.4 is 15.0 Å². The summed E-state index contributed by atoms with van der Waals surface area (Å²) in [5.41, 5.74) is -0.914. The zero-order valence-electron chi connectivity index (χ0n) is 23.1. The summed E-state index contributed by atoms with van der Waals surface area (Å²) in [6, 6.07) is 7.07. The molecule has 0 aliphatic carbocycles. The summed E-state index contributed by atoms with van der Waals surface area (Å²) in [5, 5.41) is 11.7. The number of carboxylic acids is 1. The average molecular weight is 595 g/mol. The molecule has 4 rings (SSSR count). The minimum absolute atomic E-state index is 0.105. The Kier molecular flexibility index (Phi) is 8.37. The maximum absolute atomic E-state index is 14.4. The molecule has 0 radical (unpaired) electrons. The first-order chi connectivity index (χ1) is 19.6. The van der Waals surface area contributed by atoms with E-state index in [-0.39, 0.29) is 44.1 Å². The van der Waals surface area contributed by atoms with Crippen LogP contribution in [-0.2, 0) is 9.59 Å². The Hall–Kier alpha value is -4.36. The number of hydrogen-bond acceptors (Lipinski definition) is 6. The molecule has 2 aromatic rings. The number of anilines is 1. The number of carbonyl (C=O) groups is 4. The van der Waals surface area contributed by atoms with E-state index in [1.165, 1.54) is 17.0 Å². The van der Waals surface area contributed by atoms with E-state index in [2.05, 4.69) is 10.1 Å². The van der Waals surface area contributed by atoms with Crippen molar-refractivity contribution < 1.29 is 46.6 Å². The summed E-state index contributed by atoms with van der Waals surface area (Å²) in [7, 11) is 1.66. The van der Waals surface area contributed by atoms with Crippen molar-refractivity contribution in [1.29, 1.82) is 0 Å². The second-order valence-corrected chi connectivity index (χ2v) is 10.7. The molecule has 3 amide bonds. The molecule has 1 spiro atoms. The number of alkyl halides is 3. The number of piperidine rings is 1. The summed E-state index contributed by atoms with van der Waals surface area (Å²) < 4.78 is 56.0. The van der Waals surface area contributed by atoms with Crippen LogP contribution in [0.5, 0.6) is 5.75 Å². The van der Waals surface area contributed by atoms with Crippen molar-refractivity contribution >= 4 is 29.4 Å². The normalized spacial score (nSPS) is 17.5. The van der Waals surface area contributed by atoms with Crippen molar-refractivity contribution in [1.82, 2.24) is 15.1 Å². The Labute approximate surface area is 238 Å². The zero-order chi connectivity index (χ0) is 31.0. The number of likely N-dealkylation sites (N-methyl/N-ethyl adjacent to an activating group) is 1. The molecule has 14 heteroatoms. The molecule has 0 bridgehead atoms. The predicted molar refractivity (Wildman–Crippen MR) is 141 cm³/mol. The molecule has 226 valence electrons. The van der Waals surface area contributed by atoms with Gasteiger partial charge in [-0.1, -0.05) is 13.8 Å². The number of hydrogen-bond donors (Lipinski definition) is 2. The molecule has 0 saturated carbocycles. The van der Waals surface area contributed by atoms with Gasteiger partial charge in [-0.2, -0.15) is 0 Å². The molecular weight excluding hydrogens is 564 g/mol. The number of aromatic carboxylic acids is 1. The van der Waals surface area contributed by atoms with Crippen molar-refractivity contribution in [2.24, 2.45) is 5.92 Å². The lowest BCUT2D eigenvalue weighted by molar-refractivity contribution is -0.274. The molecule has 2 N–H and O–H groups in total. The second-order valence-electron chi connectivity index (χ2n) is 10.7. The summed E-state index contributed by atoms with van der Waals surface area (Å²) >= 11 is 0. The van der Waals surface area contributed by atoms with Gasteiger partial charge in [0.2, 0.25) is 11.8 Å². The van der Waals surface area contributed by atoms with Crippen molar-refractivity contribution in [3.63, 3.8) is 0 Å². The van der Waals surface area contributed by atoms with E-state index in [4.69, 9.17) is 0 Å². The first kappa shape index (κ1) is 30.6. The van der Waals surface area contributed by atoms with E-state index in [9.17, 15) is 41.8 Å². The Balaban J connectivity index is 1.49. The van der Waals surface area contributed by atoms with Crippen LogP contribution in [0.25, 0.3) is 0 Å². The summed E-state index contributed by atoms with van der Waals surface area (Å²) in [5.74, 6) is -5.10. The molecule has 2 heterocycles. The van der Waals surface area contributed by atoms with Gasteiger partial charge in [0.15, 0.2) is 0 Å². The molecule has 10 nitrogen and oxygen atoms in total. The van der Waals surface area contributed by atoms with Crippen LogP contribution in [0.1, 0.15) is 47.4 Å². The molecule has 1 atom stereocenters. The molecule has 0 unspecified atom stereocenters. The van der Waals surface area contributed by atoms with Gasteiger partial charge in [-0.15, -0.1) is 13.2 Å². The highest BCUT2D eigenvalue weighted by Gasteiger charge is 2.53. The molecule has 2 aromatic carbocycles. The Morgan fingerprint density at radius 1 is 1.05 bits per heavy atom. The number of likely N-dealkylation sites (tertiary alicyclic amines) is 1. The molecule has 0 aromatic heterocycles. The van der Waals surface area contributed by atoms with Crippen LogP contribution in [0.15, 0.2) is 42.5 Å². The molecule has 42 heavy (non-hydrogen) atoms. The largest absolute Gasteiger partial charge is 0.573 e. The zero-order valence-corrected chi connectivity index (χ0v) is 23.1. The predicted octanol–water partition coefficient (Wildman–Crippen LogP) is 3.47. The topological polar surface area (TPSA) is 119 Å². The van der Waals surface area contributed by atoms with Gasteiger partial charge < -0.3 is 29.9 Å². The molecule has 2 fully saturated rings. The molecule has 2 saturated heterocycles. The molecular formula is C28H30F4N4O6. The number of benzene rings is 2. The minimum Gasteiger partial charge on any atom is -0.478 e. The first-order valence-electron chi connectivity index (χ1n) is 13.1. The SMILES string of the molecule is CC(C)[C@@H](NC(=O)c1cc(OC(F)(F)F)ccc1F)C(=O)N1CCC2(CC1)C(=O)N(C)CN2c1ccc(C(=O)O)cc1. The summed E-state index contributed by atoms with van der Waals surface area (Å²) in [4.78, 5) is 55.9. The highest BCUT2D eigenvalue weighted by molar-refractivity contribution is 5.98. The van der Waals surface area contributed by atoms with E-state index in [0.29, 0.717) is 17.8 Å². The number of nitrogens with zero attached hydrogens (tertiary/aromatic N) is 3. The number of carboxylic acid groups (broad SMARTS) is 1. The fraction of sp³-hybridized carbons (Fsp3) is 0.429. The van der Waals surface area contributed by atoms with Crippen molar-refractivity contribution in [2.75, 3.05) is 31.7 Å². The van der Waals surface area contributed by atoms with Gasteiger partial charge in [0.1, 0.15) is 23.1 Å². The fourth-order valence-electron chi connectivity index (χ4n) is 5.38. The monoisotopic (exact) mass is 594 g/mol. The van der Waals surface area contributed by atoms with E-state index >= 15 is 0 Å². The van der Waals surface area contributed by atoms with Gasteiger partial charge in [-0.3, -0.25) is 14.4 Å². The van der Waals surface area contributed by atoms with Crippen LogP contribution in [0.3, 0.4) is 0 Å². The van der Waals surface area contributed by atoms with Gasteiger partial charge in [0.25, 0.3) is 5.91 Å². The molecule has 2 aliphatic heterocycles. The van der Waals surface area contributed by atoms with Crippen LogP contribution >= 0.6 is 0 Å². The third kappa shape index (κ3) is 6.11. The molecule has 2 aliphatic rings. The van der Waals surface area contributed by atoms with E-state index in [0.717, 1.165) is 6.07 Å². The maximum atomic E-state index is 14.4. The lowest BCUT2D eigenvalue weighted by atomic mass is 9.85. The second kappa shape index (κ2) is 11.5. The number of ether oxygens (including phenoxy) is 1. The van der Waals surface area contributed by atoms with Crippen LogP contribution in [0, 0.1) is 11.7 Å². The first-order valence-corrected chi connectivity index (χ1v) is 13.1. The van der Waals surface area contributed by atoms with Gasteiger partial charge in [-0.25, -0.2) is 9.18 Å². The number of amides is 3. The van der Waals surface area contributed by atoms with Crippen LogP contribution in [-0.4, -0.2) is 83.3 Å². The van der Waals surface area contributed by atoms with Gasteiger partial charge in [-0.05, 0) is 61.2 Å². The highest BCUT2D eigenvalue weighted by Crippen LogP contribution is 2.39.